The Morgan fingerprint density at radius 3 is 2.71 bits per heavy atom. The molecule has 0 bridgehead atoms. The van der Waals surface area contributed by atoms with Crippen molar-refractivity contribution in [2.75, 3.05) is 5.73 Å². The smallest absolute Gasteiger partial charge is 0.103 e. The number of rotatable bonds is 1. The van der Waals surface area contributed by atoms with Crippen LogP contribution in [0.5, 0.6) is 0 Å². The van der Waals surface area contributed by atoms with E-state index in [-0.39, 0.29) is 0 Å². The van der Waals surface area contributed by atoms with Crippen molar-refractivity contribution in [1.29, 1.82) is 0 Å². The summed E-state index contributed by atoms with van der Waals surface area (Å²) in [7, 11) is 0. The van der Waals surface area contributed by atoms with E-state index in [1.165, 1.54) is 0 Å². The van der Waals surface area contributed by atoms with Gasteiger partial charge in [0, 0.05) is 11.3 Å². The molecule has 0 fully saturated rings. The molecule has 0 radical (unpaired) electrons. The minimum absolute atomic E-state index is 0.671. The highest BCUT2D eigenvalue weighted by Crippen LogP contribution is 2.34. The second-order valence-electron chi connectivity index (χ2n) is 3.82. The van der Waals surface area contributed by atoms with Crippen LogP contribution in [0.4, 0.5) is 5.69 Å². The Morgan fingerprint density at radius 1 is 1.06 bits per heavy atom. The van der Waals surface area contributed by atoms with Crippen LogP contribution in [-0.4, -0.2) is 10.2 Å². The van der Waals surface area contributed by atoms with E-state index >= 15 is 0 Å². The summed E-state index contributed by atoms with van der Waals surface area (Å²) in [4.78, 5) is 0. The highest BCUT2D eigenvalue weighted by atomic mass is 35.5. The van der Waals surface area contributed by atoms with E-state index in [1.807, 2.05) is 42.5 Å². The quantitative estimate of drug-likeness (QED) is 0.643. The first-order valence-corrected chi connectivity index (χ1v) is 5.62. The molecule has 1 heterocycles. The third kappa shape index (κ3) is 1.56. The number of fused-ring (bicyclic) bond motifs is 1. The maximum Gasteiger partial charge on any atom is 0.103 e. The Morgan fingerprint density at radius 2 is 1.88 bits per heavy atom. The number of halogens is 1. The molecule has 3 nitrogen and oxygen atoms in total. The lowest BCUT2D eigenvalue weighted by Gasteiger charge is -2.02. The highest BCUT2D eigenvalue weighted by molar-refractivity contribution is 6.33. The molecular weight excluding hydrogens is 234 g/mol. The second kappa shape index (κ2) is 3.79. The zero-order valence-electron chi connectivity index (χ0n) is 8.94. The van der Waals surface area contributed by atoms with Gasteiger partial charge < -0.3 is 5.73 Å². The average Bonchev–Trinajstić information content (AvgIpc) is 2.75. The van der Waals surface area contributed by atoms with Crippen molar-refractivity contribution in [1.82, 2.24) is 10.2 Å². The van der Waals surface area contributed by atoms with Gasteiger partial charge in [-0.1, -0.05) is 35.9 Å². The summed E-state index contributed by atoms with van der Waals surface area (Å²) in [5.41, 5.74) is 9.28. The summed E-state index contributed by atoms with van der Waals surface area (Å²) in [5.74, 6) is 0. The molecule has 84 valence electrons. The number of H-pyrrole nitrogens is 1. The van der Waals surface area contributed by atoms with Gasteiger partial charge in [0.05, 0.1) is 15.9 Å². The molecule has 0 saturated carbocycles. The van der Waals surface area contributed by atoms with Crippen molar-refractivity contribution >= 4 is 28.2 Å². The van der Waals surface area contributed by atoms with E-state index in [0.29, 0.717) is 10.7 Å². The van der Waals surface area contributed by atoms with Crippen molar-refractivity contribution in [3.63, 3.8) is 0 Å². The van der Waals surface area contributed by atoms with Gasteiger partial charge in [-0.3, -0.25) is 5.10 Å². The summed E-state index contributed by atoms with van der Waals surface area (Å²) >= 11 is 6.17. The standard InChI is InChI=1S/C13H10ClN3/c14-9-5-2-1-4-8(9)13-12-10(15)6-3-7-11(12)16-17-13/h1-7H,15H2,(H,16,17). The van der Waals surface area contributed by atoms with Gasteiger partial charge in [0.25, 0.3) is 0 Å². The predicted molar refractivity (Wildman–Crippen MR) is 71.0 cm³/mol. The Hall–Kier alpha value is -2.00. The molecule has 3 aromatic rings. The first-order chi connectivity index (χ1) is 8.27. The zero-order valence-corrected chi connectivity index (χ0v) is 9.70. The SMILES string of the molecule is Nc1cccc2[nH]nc(-c3ccccc3Cl)c12. The van der Waals surface area contributed by atoms with Crippen molar-refractivity contribution in [2.24, 2.45) is 0 Å². The number of benzene rings is 2. The summed E-state index contributed by atoms with van der Waals surface area (Å²) in [5, 5.41) is 8.85. The highest BCUT2D eigenvalue weighted by Gasteiger charge is 2.12. The summed E-state index contributed by atoms with van der Waals surface area (Å²) < 4.78 is 0. The van der Waals surface area contributed by atoms with Crippen LogP contribution in [0.3, 0.4) is 0 Å². The number of nitrogens with zero attached hydrogens (tertiary/aromatic N) is 1. The van der Waals surface area contributed by atoms with Crippen LogP contribution in [0.25, 0.3) is 22.2 Å². The number of nitrogen functional groups attached to an aromatic ring is 1. The van der Waals surface area contributed by atoms with Crippen molar-refractivity contribution in [2.45, 2.75) is 0 Å². The third-order valence-corrected chi connectivity index (χ3v) is 3.08. The number of nitrogens with one attached hydrogen (secondary N) is 1. The van der Waals surface area contributed by atoms with Crippen molar-refractivity contribution in [3.8, 4) is 11.3 Å². The van der Waals surface area contributed by atoms with Gasteiger partial charge in [0.1, 0.15) is 5.69 Å². The van der Waals surface area contributed by atoms with Gasteiger partial charge in [-0.05, 0) is 18.2 Å². The summed E-state index contributed by atoms with van der Waals surface area (Å²) in [6.07, 6.45) is 0. The molecule has 0 aliphatic carbocycles. The largest absolute Gasteiger partial charge is 0.398 e. The number of anilines is 1. The van der Waals surface area contributed by atoms with Crippen LogP contribution in [0, 0.1) is 0 Å². The molecule has 0 saturated heterocycles. The van der Waals surface area contributed by atoms with E-state index in [4.69, 9.17) is 17.3 Å². The molecule has 1 aromatic heterocycles. The van der Waals surface area contributed by atoms with E-state index in [0.717, 1.165) is 22.2 Å². The molecule has 0 atom stereocenters. The number of hydrogen-bond acceptors (Lipinski definition) is 2. The van der Waals surface area contributed by atoms with E-state index < -0.39 is 0 Å². The van der Waals surface area contributed by atoms with Gasteiger partial charge in [0.2, 0.25) is 0 Å². The van der Waals surface area contributed by atoms with Gasteiger partial charge in [-0.25, -0.2) is 0 Å². The topological polar surface area (TPSA) is 54.7 Å². The van der Waals surface area contributed by atoms with Crippen LogP contribution in [-0.2, 0) is 0 Å². The Balaban J connectivity index is 2.36. The average molecular weight is 244 g/mol. The van der Waals surface area contributed by atoms with Crippen LogP contribution >= 0.6 is 11.6 Å². The maximum atomic E-state index is 6.17. The fourth-order valence-corrected chi connectivity index (χ4v) is 2.17. The summed E-state index contributed by atoms with van der Waals surface area (Å²) in [6.45, 7) is 0. The van der Waals surface area contributed by atoms with Gasteiger partial charge >= 0.3 is 0 Å². The predicted octanol–water partition coefficient (Wildman–Crippen LogP) is 3.47. The molecule has 0 amide bonds. The minimum Gasteiger partial charge on any atom is -0.398 e. The van der Waals surface area contributed by atoms with E-state index in [2.05, 4.69) is 10.2 Å². The lowest BCUT2D eigenvalue weighted by Crippen LogP contribution is -1.87. The molecule has 0 aliphatic heterocycles. The molecule has 2 aromatic carbocycles. The summed E-state index contributed by atoms with van der Waals surface area (Å²) in [6, 6.07) is 13.3. The van der Waals surface area contributed by atoms with Crippen molar-refractivity contribution in [3.05, 3.63) is 47.5 Å². The van der Waals surface area contributed by atoms with Crippen LogP contribution in [0.1, 0.15) is 0 Å². The van der Waals surface area contributed by atoms with Crippen LogP contribution in [0.2, 0.25) is 5.02 Å². The molecule has 0 aliphatic rings. The Bertz CT molecular complexity index is 688. The Labute approximate surface area is 103 Å². The van der Waals surface area contributed by atoms with Gasteiger partial charge in [0.15, 0.2) is 0 Å². The van der Waals surface area contributed by atoms with Crippen molar-refractivity contribution < 1.29 is 0 Å². The molecular formula is C13H10ClN3. The number of nitrogens with two attached hydrogens (primary N) is 1. The molecule has 4 heteroatoms. The second-order valence-corrected chi connectivity index (χ2v) is 4.23. The molecule has 3 rings (SSSR count). The van der Waals surface area contributed by atoms with Gasteiger partial charge in [-0.15, -0.1) is 0 Å². The van der Waals surface area contributed by atoms with Crippen LogP contribution in [0.15, 0.2) is 42.5 Å². The lowest BCUT2D eigenvalue weighted by atomic mass is 10.1. The number of aromatic nitrogens is 2. The Kier molecular flexibility index (Phi) is 2.27. The van der Waals surface area contributed by atoms with Crippen LogP contribution < -0.4 is 5.73 Å². The van der Waals surface area contributed by atoms with E-state index in [1.54, 1.807) is 0 Å². The first kappa shape index (κ1) is 10.2. The molecule has 0 unspecified atom stereocenters. The molecule has 3 N–H and O–H groups in total. The fraction of sp³-hybridized carbons (Fsp3) is 0. The minimum atomic E-state index is 0.671. The zero-order chi connectivity index (χ0) is 11.8. The number of hydrogen-bond donors (Lipinski definition) is 2. The van der Waals surface area contributed by atoms with Gasteiger partial charge in [-0.2, -0.15) is 5.10 Å². The molecule has 0 spiro atoms. The third-order valence-electron chi connectivity index (χ3n) is 2.75. The number of aromatic amines is 1. The first-order valence-electron chi connectivity index (χ1n) is 5.25. The normalized spacial score (nSPS) is 10.9. The monoisotopic (exact) mass is 243 g/mol. The lowest BCUT2D eigenvalue weighted by molar-refractivity contribution is 1.12. The fourth-order valence-electron chi connectivity index (χ4n) is 1.95. The van der Waals surface area contributed by atoms with E-state index in [9.17, 15) is 0 Å². The maximum absolute atomic E-state index is 6.17. The molecule has 17 heavy (non-hydrogen) atoms.